The van der Waals surface area contributed by atoms with Gasteiger partial charge in [0.15, 0.2) is 5.76 Å². The number of rotatable bonds is 6. The summed E-state index contributed by atoms with van der Waals surface area (Å²) in [5, 5.41) is 9.85. The van der Waals surface area contributed by atoms with Crippen LogP contribution in [-0.4, -0.2) is 21.6 Å². The zero-order valence-electron chi connectivity index (χ0n) is 16.6. The van der Waals surface area contributed by atoms with Gasteiger partial charge in [0.2, 0.25) is 0 Å². The van der Waals surface area contributed by atoms with Crippen LogP contribution in [0.2, 0.25) is 0 Å². The lowest BCUT2D eigenvalue weighted by molar-refractivity contribution is 0.0995. The standard InChI is InChI=1S/C23H19FN4O3/c1-2-20-19(14-25-28(20)18-10-8-15(24)9-11-18)22(29)26-16-5-3-6-17(13-16)27-23(30)21-7-4-12-31-21/h3-14H,2H2,1H3,(H,26,29)(H,27,30). The largest absolute Gasteiger partial charge is 0.459 e. The second-order valence-electron chi connectivity index (χ2n) is 6.71. The monoisotopic (exact) mass is 418 g/mol. The van der Waals surface area contributed by atoms with E-state index in [0.29, 0.717) is 34.7 Å². The van der Waals surface area contributed by atoms with Crippen LogP contribution < -0.4 is 10.6 Å². The molecule has 0 bridgehead atoms. The number of nitrogens with one attached hydrogen (secondary N) is 2. The van der Waals surface area contributed by atoms with E-state index in [0.717, 1.165) is 0 Å². The number of carbonyl (C=O) groups is 2. The molecule has 31 heavy (non-hydrogen) atoms. The van der Waals surface area contributed by atoms with Crippen molar-refractivity contribution in [3.8, 4) is 5.69 Å². The maximum Gasteiger partial charge on any atom is 0.291 e. The lowest BCUT2D eigenvalue weighted by Gasteiger charge is -2.10. The van der Waals surface area contributed by atoms with Gasteiger partial charge in [0, 0.05) is 11.4 Å². The highest BCUT2D eigenvalue weighted by Crippen LogP contribution is 2.20. The Morgan fingerprint density at radius 1 is 1.00 bits per heavy atom. The van der Waals surface area contributed by atoms with Crippen molar-refractivity contribution in [1.82, 2.24) is 9.78 Å². The van der Waals surface area contributed by atoms with Gasteiger partial charge in [-0.3, -0.25) is 9.59 Å². The van der Waals surface area contributed by atoms with E-state index in [2.05, 4.69) is 15.7 Å². The summed E-state index contributed by atoms with van der Waals surface area (Å²) in [5.74, 6) is -0.872. The summed E-state index contributed by atoms with van der Waals surface area (Å²) in [6.45, 7) is 1.92. The second kappa shape index (κ2) is 8.66. The topological polar surface area (TPSA) is 89.2 Å². The zero-order valence-corrected chi connectivity index (χ0v) is 16.6. The van der Waals surface area contributed by atoms with Gasteiger partial charge in [-0.2, -0.15) is 5.10 Å². The van der Waals surface area contributed by atoms with Gasteiger partial charge in [0.1, 0.15) is 5.82 Å². The van der Waals surface area contributed by atoms with Gasteiger partial charge in [0.05, 0.1) is 29.4 Å². The van der Waals surface area contributed by atoms with Gasteiger partial charge >= 0.3 is 0 Å². The minimum absolute atomic E-state index is 0.190. The van der Waals surface area contributed by atoms with Crippen LogP contribution in [0, 0.1) is 5.82 Å². The van der Waals surface area contributed by atoms with Crippen LogP contribution in [0.25, 0.3) is 5.69 Å². The Hall–Kier alpha value is -4.20. The van der Waals surface area contributed by atoms with Crippen LogP contribution in [0.15, 0.2) is 77.5 Å². The Morgan fingerprint density at radius 2 is 1.71 bits per heavy atom. The van der Waals surface area contributed by atoms with E-state index in [1.165, 1.54) is 24.6 Å². The average Bonchev–Trinajstić information content (AvgIpc) is 3.44. The molecule has 0 spiro atoms. The number of aromatic nitrogens is 2. The van der Waals surface area contributed by atoms with Crippen molar-refractivity contribution in [3.05, 3.63) is 96.0 Å². The number of hydrogen-bond acceptors (Lipinski definition) is 4. The molecular weight excluding hydrogens is 399 g/mol. The molecule has 2 amide bonds. The molecule has 8 heteroatoms. The fourth-order valence-electron chi connectivity index (χ4n) is 3.18. The molecule has 0 aliphatic heterocycles. The third-order valence-corrected chi connectivity index (χ3v) is 4.64. The number of furan rings is 1. The first-order valence-electron chi connectivity index (χ1n) is 9.64. The molecule has 156 valence electrons. The molecule has 0 saturated carbocycles. The van der Waals surface area contributed by atoms with Crippen molar-refractivity contribution in [2.45, 2.75) is 13.3 Å². The van der Waals surface area contributed by atoms with Crippen molar-refractivity contribution in [3.63, 3.8) is 0 Å². The average molecular weight is 418 g/mol. The zero-order chi connectivity index (χ0) is 21.8. The Morgan fingerprint density at radius 3 is 2.35 bits per heavy atom. The Bertz CT molecular complexity index is 1210. The van der Waals surface area contributed by atoms with Crippen molar-refractivity contribution < 1.29 is 18.4 Å². The summed E-state index contributed by atoms with van der Waals surface area (Å²) >= 11 is 0. The number of halogens is 1. The number of nitrogens with zero attached hydrogens (tertiary/aromatic N) is 2. The van der Waals surface area contributed by atoms with Crippen molar-refractivity contribution in [2.75, 3.05) is 10.6 Å². The van der Waals surface area contributed by atoms with Crippen molar-refractivity contribution in [2.24, 2.45) is 0 Å². The molecule has 0 saturated heterocycles. The Labute approximate surface area is 177 Å². The fraction of sp³-hybridized carbons (Fsp3) is 0.0870. The molecule has 0 aliphatic rings. The Balaban J connectivity index is 1.52. The minimum atomic E-state index is -0.387. The molecule has 4 rings (SSSR count). The van der Waals surface area contributed by atoms with E-state index in [9.17, 15) is 14.0 Å². The molecule has 2 heterocycles. The van der Waals surface area contributed by atoms with Crippen molar-refractivity contribution in [1.29, 1.82) is 0 Å². The highest BCUT2D eigenvalue weighted by atomic mass is 19.1. The Kier molecular flexibility index (Phi) is 5.61. The summed E-state index contributed by atoms with van der Waals surface area (Å²) in [5.41, 5.74) is 2.80. The van der Waals surface area contributed by atoms with Gasteiger partial charge in [-0.15, -0.1) is 0 Å². The highest BCUT2D eigenvalue weighted by Gasteiger charge is 2.18. The lowest BCUT2D eigenvalue weighted by Crippen LogP contribution is -2.15. The van der Waals surface area contributed by atoms with E-state index in [1.54, 1.807) is 53.2 Å². The molecule has 2 aromatic carbocycles. The molecule has 7 nitrogen and oxygen atoms in total. The highest BCUT2D eigenvalue weighted by molar-refractivity contribution is 6.06. The number of benzene rings is 2. The first-order valence-corrected chi connectivity index (χ1v) is 9.64. The van der Waals surface area contributed by atoms with E-state index >= 15 is 0 Å². The number of carbonyl (C=O) groups excluding carboxylic acids is 2. The maximum absolute atomic E-state index is 13.2. The second-order valence-corrected chi connectivity index (χ2v) is 6.71. The van der Waals surface area contributed by atoms with E-state index in [1.807, 2.05) is 6.92 Å². The quantitative estimate of drug-likeness (QED) is 0.476. The molecule has 0 aliphatic carbocycles. The van der Waals surface area contributed by atoms with Crippen LogP contribution in [0.5, 0.6) is 0 Å². The number of amides is 2. The van der Waals surface area contributed by atoms with Crippen molar-refractivity contribution >= 4 is 23.2 Å². The van der Waals surface area contributed by atoms with Gasteiger partial charge in [0.25, 0.3) is 11.8 Å². The molecule has 2 aromatic heterocycles. The summed E-state index contributed by atoms with van der Waals surface area (Å²) < 4.78 is 19.9. The van der Waals surface area contributed by atoms with Crippen LogP contribution in [0.3, 0.4) is 0 Å². The smallest absolute Gasteiger partial charge is 0.291 e. The predicted octanol–water partition coefficient (Wildman–Crippen LogP) is 4.67. The van der Waals surface area contributed by atoms with E-state index < -0.39 is 0 Å². The molecule has 4 aromatic rings. The van der Waals surface area contributed by atoms with E-state index in [4.69, 9.17) is 4.42 Å². The molecule has 2 N–H and O–H groups in total. The van der Waals surface area contributed by atoms with Gasteiger partial charge in [-0.05, 0) is 61.0 Å². The molecule has 0 radical (unpaired) electrons. The van der Waals surface area contributed by atoms with Crippen LogP contribution in [0.4, 0.5) is 15.8 Å². The van der Waals surface area contributed by atoms with Gasteiger partial charge in [-0.1, -0.05) is 13.0 Å². The normalized spacial score (nSPS) is 10.6. The fourth-order valence-corrected chi connectivity index (χ4v) is 3.18. The van der Waals surface area contributed by atoms with E-state index in [-0.39, 0.29) is 23.4 Å². The molecule has 0 fully saturated rings. The molecule has 0 atom stereocenters. The third-order valence-electron chi connectivity index (χ3n) is 4.64. The SMILES string of the molecule is CCc1c(C(=O)Nc2cccc(NC(=O)c3ccco3)c2)cnn1-c1ccc(F)cc1. The first-order chi connectivity index (χ1) is 15.0. The predicted molar refractivity (Wildman–Crippen MR) is 114 cm³/mol. The van der Waals surface area contributed by atoms with Crippen LogP contribution in [0.1, 0.15) is 33.5 Å². The van der Waals surface area contributed by atoms with Gasteiger partial charge < -0.3 is 15.1 Å². The molecular formula is C23H19FN4O3. The third kappa shape index (κ3) is 4.37. The lowest BCUT2D eigenvalue weighted by atomic mass is 10.1. The summed E-state index contributed by atoms with van der Waals surface area (Å²) in [4.78, 5) is 25.0. The summed E-state index contributed by atoms with van der Waals surface area (Å²) in [6.07, 6.45) is 3.46. The minimum Gasteiger partial charge on any atom is -0.459 e. The van der Waals surface area contributed by atoms with Gasteiger partial charge in [-0.25, -0.2) is 9.07 Å². The number of anilines is 2. The maximum atomic E-state index is 13.2. The van der Waals surface area contributed by atoms with Crippen LogP contribution >= 0.6 is 0 Å². The first kappa shape index (κ1) is 20.1. The van der Waals surface area contributed by atoms with Crippen LogP contribution in [-0.2, 0) is 6.42 Å². The summed E-state index contributed by atoms with van der Waals surface area (Å²) in [7, 11) is 0. The molecule has 0 unspecified atom stereocenters. The number of hydrogen-bond donors (Lipinski definition) is 2. The summed E-state index contributed by atoms with van der Waals surface area (Å²) in [6, 6.07) is 15.9.